The molecule has 0 radical (unpaired) electrons. The van der Waals surface area contributed by atoms with Crippen LogP contribution in [-0.2, 0) is 14.0 Å². The summed E-state index contributed by atoms with van der Waals surface area (Å²) >= 11 is 0. The van der Waals surface area contributed by atoms with E-state index in [1.54, 1.807) is 0 Å². The highest BCUT2D eigenvalue weighted by Gasteiger charge is 2.38. The molecule has 3 nitrogen and oxygen atoms in total. The van der Waals surface area contributed by atoms with E-state index in [1.807, 2.05) is 31.2 Å². The Kier molecular flexibility index (Phi) is 7.75. The standard InChI is InChI=1S/C16H28O3Si/c1-8-10-11-12-14(13-18-15(17)9-2)19-20(6,7)16(3,4)5/h8-12,14H,2,13H2,1,3-7H3/b10-8+,12-11+. The zero-order valence-electron chi connectivity index (χ0n) is 13.6. The molecule has 114 valence electrons. The first-order valence-electron chi connectivity index (χ1n) is 6.90. The molecule has 0 saturated carbocycles. The van der Waals surface area contributed by atoms with E-state index in [1.165, 1.54) is 6.08 Å². The minimum absolute atomic E-state index is 0.113. The first kappa shape index (κ1) is 18.9. The lowest BCUT2D eigenvalue weighted by Crippen LogP contribution is -2.44. The summed E-state index contributed by atoms with van der Waals surface area (Å²) in [5, 5.41) is 0.113. The zero-order valence-corrected chi connectivity index (χ0v) is 14.6. The van der Waals surface area contributed by atoms with Gasteiger partial charge in [0.15, 0.2) is 8.32 Å². The molecule has 0 aliphatic heterocycles. The van der Waals surface area contributed by atoms with E-state index in [4.69, 9.17) is 9.16 Å². The van der Waals surface area contributed by atoms with Gasteiger partial charge in [0.2, 0.25) is 0 Å². The average molecular weight is 296 g/mol. The SMILES string of the molecule is C=CC(=O)OCC(/C=C/C=C/C)O[Si](C)(C)C(C)(C)C. The van der Waals surface area contributed by atoms with E-state index in [9.17, 15) is 4.79 Å². The van der Waals surface area contributed by atoms with Crippen LogP contribution in [0.15, 0.2) is 37.0 Å². The molecule has 0 aromatic heterocycles. The zero-order chi connectivity index (χ0) is 15.8. The van der Waals surface area contributed by atoms with Gasteiger partial charge in [-0.1, -0.05) is 51.7 Å². The molecule has 0 aliphatic rings. The monoisotopic (exact) mass is 296 g/mol. The Morgan fingerprint density at radius 2 is 1.90 bits per heavy atom. The summed E-state index contributed by atoms with van der Waals surface area (Å²) < 4.78 is 11.4. The number of esters is 1. The third kappa shape index (κ3) is 6.87. The molecular formula is C16H28O3Si. The summed E-state index contributed by atoms with van der Waals surface area (Å²) in [5.74, 6) is -0.423. The normalized spacial score (nSPS) is 14.7. The second kappa shape index (κ2) is 8.22. The lowest BCUT2D eigenvalue weighted by Gasteiger charge is -2.38. The molecule has 0 rings (SSSR count). The van der Waals surface area contributed by atoms with Crippen LogP contribution in [0.3, 0.4) is 0 Å². The summed E-state index contributed by atoms with van der Waals surface area (Å²) in [7, 11) is -1.90. The van der Waals surface area contributed by atoms with Crippen molar-refractivity contribution in [3.05, 3.63) is 37.0 Å². The van der Waals surface area contributed by atoms with Crippen LogP contribution in [0.1, 0.15) is 27.7 Å². The summed E-state index contributed by atoms with van der Waals surface area (Å²) in [6.45, 7) is 16.5. The molecule has 1 atom stereocenters. The van der Waals surface area contributed by atoms with Gasteiger partial charge < -0.3 is 9.16 Å². The van der Waals surface area contributed by atoms with E-state index in [-0.39, 0.29) is 17.7 Å². The fraction of sp³-hybridized carbons (Fsp3) is 0.562. The second-order valence-electron chi connectivity index (χ2n) is 6.16. The number of carbonyl (C=O) groups excluding carboxylic acids is 1. The van der Waals surface area contributed by atoms with Gasteiger partial charge in [-0.05, 0) is 25.1 Å². The Balaban J connectivity index is 4.84. The third-order valence-electron chi connectivity index (χ3n) is 3.44. The van der Waals surface area contributed by atoms with E-state index >= 15 is 0 Å². The van der Waals surface area contributed by atoms with Crippen molar-refractivity contribution in [1.82, 2.24) is 0 Å². The predicted molar refractivity (Wildman–Crippen MR) is 87.2 cm³/mol. The molecular weight excluding hydrogens is 268 g/mol. The Bertz CT molecular complexity index is 376. The van der Waals surface area contributed by atoms with Crippen molar-refractivity contribution in [2.45, 2.75) is 51.9 Å². The number of ether oxygens (including phenoxy) is 1. The Morgan fingerprint density at radius 1 is 1.30 bits per heavy atom. The van der Waals surface area contributed by atoms with Gasteiger partial charge in [0.1, 0.15) is 6.61 Å². The number of allylic oxidation sites excluding steroid dienone is 3. The van der Waals surface area contributed by atoms with Gasteiger partial charge in [-0.25, -0.2) is 4.79 Å². The van der Waals surface area contributed by atoms with Crippen molar-refractivity contribution in [1.29, 1.82) is 0 Å². The quantitative estimate of drug-likeness (QED) is 0.305. The lowest BCUT2D eigenvalue weighted by molar-refractivity contribution is -0.139. The number of hydrogen-bond donors (Lipinski definition) is 0. The van der Waals surface area contributed by atoms with E-state index in [2.05, 4.69) is 40.4 Å². The molecule has 0 amide bonds. The number of carbonyl (C=O) groups is 1. The van der Waals surface area contributed by atoms with Crippen molar-refractivity contribution < 1.29 is 14.0 Å². The molecule has 4 heteroatoms. The van der Waals surface area contributed by atoms with Crippen LogP contribution in [0.25, 0.3) is 0 Å². The van der Waals surface area contributed by atoms with Crippen LogP contribution in [-0.4, -0.2) is 27.0 Å². The van der Waals surface area contributed by atoms with Gasteiger partial charge in [0, 0.05) is 6.08 Å². The largest absolute Gasteiger partial charge is 0.459 e. The first-order valence-corrected chi connectivity index (χ1v) is 9.81. The molecule has 20 heavy (non-hydrogen) atoms. The van der Waals surface area contributed by atoms with Crippen LogP contribution in [0, 0.1) is 0 Å². The van der Waals surface area contributed by atoms with Crippen molar-refractivity contribution >= 4 is 14.3 Å². The fourth-order valence-electron chi connectivity index (χ4n) is 1.21. The molecule has 0 heterocycles. The Hall–Kier alpha value is -1.13. The number of hydrogen-bond acceptors (Lipinski definition) is 3. The highest BCUT2D eigenvalue weighted by Crippen LogP contribution is 2.37. The van der Waals surface area contributed by atoms with Crippen LogP contribution in [0.5, 0.6) is 0 Å². The molecule has 0 bridgehead atoms. The summed E-state index contributed by atoms with van der Waals surface area (Å²) in [6, 6.07) is 0. The van der Waals surface area contributed by atoms with Crippen molar-refractivity contribution in [2.24, 2.45) is 0 Å². The van der Waals surface area contributed by atoms with Gasteiger partial charge in [-0.15, -0.1) is 0 Å². The lowest BCUT2D eigenvalue weighted by atomic mass is 10.2. The topological polar surface area (TPSA) is 35.5 Å². The van der Waals surface area contributed by atoms with Crippen molar-refractivity contribution in [3.63, 3.8) is 0 Å². The molecule has 0 fully saturated rings. The van der Waals surface area contributed by atoms with Gasteiger partial charge >= 0.3 is 5.97 Å². The second-order valence-corrected chi connectivity index (χ2v) is 10.9. The smallest absolute Gasteiger partial charge is 0.330 e. The maximum Gasteiger partial charge on any atom is 0.330 e. The first-order chi connectivity index (χ1) is 9.14. The van der Waals surface area contributed by atoms with Gasteiger partial charge in [0.05, 0.1) is 6.10 Å². The summed E-state index contributed by atoms with van der Waals surface area (Å²) in [4.78, 5) is 11.2. The molecule has 0 aromatic rings. The molecule has 0 aromatic carbocycles. The molecule has 0 saturated heterocycles. The molecule has 0 spiro atoms. The predicted octanol–water partition coefficient (Wildman–Crippen LogP) is 4.24. The summed E-state index contributed by atoms with van der Waals surface area (Å²) in [6.07, 6.45) is 8.65. The van der Waals surface area contributed by atoms with Crippen molar-refractivity contribution in [2.75, 3.05) is 6.61 Å². The van der Waals surface area contributed by atoms with Gasteiger partial charge in [-0.2, -0.15) is 0 Å². The van der Waals surface area contributed by atoms with E-state index in [0.29, 0.717) is 0 Å². The molecule has 1 unspecified atom stereocenters. The number of rotatable bonds is 7. The van der Waals surface area contributed by atoms with Crippen LogP contribution < -0.4 is 0 Å². The van der Waals surface area contributed by atoms with E-state index in [0.717, 1.165) is 0 Å². The fourth-order valence-corrected chi connectivity index (χ4v) is 2.46. The highest BCUT2D eigenvalue weighted by molar-refractivity contribution is 6.74. The van der Waals surface area contributed by atoms with Gasteiger partial charge in [0.25, 0.3) is 0 Å². The maximum absolute atomic E-state index is 11.2. The van der Waals surface area contributed by atoms with Crippen molar-refractivity contribution in [3.8, 4) is 0 Å². The summed E-state index contributed by atoms with van der Waals surface area (Å²) in [5.41, 5.74) is 0. The third-order valence-corrected chi connectivity index (χ3v) is 7.94. The van der Waals surface area contributed by atoms with Gasteiger partial charge in [-0.3, -0.25) is 0 Å². The van der Waals surface area contributed by atoms with Crippen LogP contribution in [0.2, 0.25) is 18.1 Å². The van der Waals surface area contributed by atoms with Crippen LogP contribution >= 0.6 is 0 Å². The molecule has 0 aliphatic carbocycles. The minimum atomic E-state index is -1.90. The Morgan fingerprint density at radius 3 is 2.35 bits per heavy atom. The molecule has 0 N–H and O–H groups in total. The maximum atomic E-state index is 11.2. The average Bonchev–Trinajstić information content (AvgIpc) is 2.33. The highest BCUT2D eigenvalue weighted by atomic mass is 28.4. The Labute approximate surface area is 124 Å². The van der Waals surface area contributed by atoms with Crippen LogP contribution in [0.4, 0.5) is 0 Å². The van der Waals surface area contributed by atoms with E-state index < -0.39 is 14.3 Å². The minimum Gasteiger partial charge on any atom is -0.459 e.